The number of oxazole rings is 1. The van der Waals surface area contributed by atoms with Gasteiger partial charge in [0.1, 0.15) is 5.52 Å². The predicted molar refractivity (Wildman–Crippen MR) is 214 cm³/mol. The number of nitrogens with zero attached hydrogens (tertiary/aromatic N) is 1. The van der Waals surface area contributed by atoms with Crippen LogP contribution in [0.15, 0.2) is 180 Å². The second-order valence-corrected chi connectivity index (χ2v) is 14.2. The van der Waals surface area contributed by atoms with Gasteiger partial charge in [0.2, 0.25) is 5.89 Å². The fraction of sp³-hybridized carbons (Fsp3) is 0.0200. The predicted octanol–water partition coefficient (Wildman–Crippen LogP) is 13.0. The van der Waals surface area contributed by atoms with Crippen molar-refractivity contribution in [3.05, 3.63) is 198 Å². The highest BCUT2D eigenvalue weighted by Crippen LogP contribution is 2.63. The Morgan fingerprint density at radius 1 is 0.385 bits per heavy atom. The summed E-state index contributed by atoms with van der Waals surface area (Å²) >= 11 is 0. The van der Waals surface area contributed by atoms with Gasteiger partial charge in [-0.15, -0.1) is 0 Å². The molecule has 1 heterocycles. The third-order valence-corrected chi connectivity index (χ3v) is 11.7. The molecule has 2 nitrogen and oxygen atoms in total. The van der Waals surface area contributed by atoms with Gasteiger partial charge in [-0.1, -0.05) is 133 Å². The van der Waals surface area contributed by atoms with Crippen molar-refractivity contribution in [3.63, 3.8) is 0 Å². The molecule has 2 heteroatoms. The molecule has 0 bridgehead atoms. The number of rotatable bonds is 2. The van der Waals surface area contributed by atoms with Crippen LogP contribution in [0.25, 0.3) is 88.3 Å². The summed E-state index contributed by atoms with van der Waals surface area (Å²) in [7, 11) is 0. The molecule has 2 aliphatic carbocycles. The van der Waals surface area contributed by atoms with Crippen LogP contribution in [-0.2, 0) is 5.41 Å². The van der Waals surface area contributed by atoms with Gasteiger partial charge in [-0.2, -0.15) is 0 Å². The Kier molecular flexibility index (Phi) is 5.46. The van der Waals surface area contributed by atoms with Gasteiger partial charge in [0, 0.05) is 10.9 Å². The van der Waals surface area contributed by atoms with Crippen LogP contribution in [0.1, 0.15) is 22.3 Å². The van der Waals surface area contributed by atoms with Crippen molar-refractivity contribution in [1.29, 1.82) is 0 Å². The van der Waals surface area contributed by atoms with Crippen LogP contribution < -0.4 is 0 Å². The quantitative estimate of drug-likeness (QED) is 0.173. The molecule has 0 radical (unpaired) electrons. The first-order chi connectivity index (χ1) is 25.8. The van der Waals surface area contributed by atoms with E-state index in [1.165, 1.54) is 71.8 Å². The SMILES string of the molecule is c1ccc(-c2nc3ccc4ccc5ccc(-c6ccc7c(c6)C6(c8ccccc8-c8ccccc86)c6cc8ccccc8cc6-7)cc5c4c3o2)cc1. The topological polar surface area (TPSA) is 26.0 Å². The average Bonchev–Trinajstić information content (AvgIpc) is 3.87. The summed E-state index contributed by atoms with van der Waals surface area (Å²) in [6, 6.07) is 64.5. The zero-order valence-corrected chi connectivity index (χ0v) is 28.1. The molecule has 0 amide bonds. The minimum absolute atomic E-state index is 0.415. The van der Waals surface area contributed by atoms with E-state index in [1.807, 2.05) is 30.3 Å². The third kappa shape index (κ3) is 3.61. The first-order valence-electron chi connectivity index (χ1n) is 18.0. The Labute approximate surface area is 300 Å². The van der Waals surface area contributed by atoms with Gasteiger partial charge in [-0.25, -0.2) is 4.98 Å². The molecule has 10 aromatic rings. The van der Waals surface area contributed by atoms with E-state index in [1.54, 1.807) is 0 Å². The lowest BCUT2D eigenvalue weighted by molar-refractivity contribution is 0.623. The molecule has 1 spiro atoms. The molecule has 2 aliphatic rings. The van der Waals surface area contributed by atoms with Gasteiger partial charge in [0.05, 0.1) is 5.41 Å². The summed E-state index contributed by atoms with van der Waals surface area (Å²) in [6.45, 7) is 0. The molecule has 0 atom stereocenters. The summed E-state index contributed by atoms with van der Waals surface area (Å²) in [6.07, 6.45) is 0. The smallest absolute Gasteiger partial charge is 0.227 e. The minimum Gasteiger partial charge on any atom is -0.435 e. The largest absolute Gasteiger partial charge is 0.435 e. The number of aromatic nitrogens is 1. The highest BCUT2D eigenvalue weighted by molar-refractivity contribution is 6.18. The lowest BCUT2D eigenvalue weighted by atomic mass is 9.70. The fourth-order valence-electron chi connectivity index (χ4n) is 9.41. The van der Waals surface area contributed by atoms with Crippen LogP contribution in [0.4, 0.5) is 0 Å². The summed E-state index contributed by atoms with van der Waals surface area (Å²) in [5, 5.41) is 7.12. The second-order valence-electron chi connectivity index (χ2n) is 14.2. The molecule has 0 fully saturated rings. The van der Waals surface area contributed by atoms with E-state index < -0.39 is 5.41 Å². The first kappa shape index (κ1) is 28.0. The first-order valence-corrected chi connectivity index (χ1v) is 18.0. The van der Waals surface area contributed by atoms with Gasteiger partial charge in [-0.05, 0) is 125 Å². The average molecular weight is 660 g/mol. The van der Waals surface area contributed by atoms with Crippen molar-refractivity contribution in [2.75, 3.05) is 0 Å². The lowest BCUT2D eigenvalue weighted by Crippen LogP contribution is -2.25. The van der Waals surface area contributed by atoms with E-state index in [4.69, 9.17) is 9.40 Å². The van der Waals surface area contributed by atoms with Gasteiger partial charge in [0.25, 0.3) is 0 Å². The van der Waals surface area contributed by atoms with Gasteiger partial charge >= 0.3 is 0 Å². The van der Waals surface area contributed by atoms with Crippen molar-refractivity contribution in [2.45, 2.75) is 5.41 Å². The van der Waals surface area contributed by atoms with Crippen LogP contribution in [-0.4, -0.2) is 4.98 Å². The zero-order chi connectivity index (χ0) is 34.0. The van der Waals surface area contributed by atoms with E-state index in [9.17, 15) is 0 Å². The maximum absolute atomic E-state index is 6.57. The molecule has 0 saturated carbocycles. The summed E-state index contributed by atoms with van der Waals surface area (Å²) in [5.41, 5.74) is 15.3. The number of hydrogen-bond donors (Lipinski definition) is 0. The summed E-state index contributed by atoms with van der Waals surface area (Å²) in [5.74, 6) is 0.643. The number of hydrogen-bond acceptors (Lipinski definition) is 2. The van der Waals surface area contributed by atoms with E-state index in [2.05, 4.69) is 146 Å². The fourth-order valence-corrected chi connectivity index (χ4v) is 9.41. The van der Waals surface area contributed by atoms with Crippen molar-refractivity contribution >= 4 is 43.4 Å². The summed E-state index contributed by atoms with van der Waals surface area (Å²) in [4.78, 5) is 4.91. The Hall–Kier alpha value is -6.77. The Bertz CT molecular complexity index is 3090. The normalized spacial score (nSPS) is 13.5. The molecule has 0 unspecified atom stereocenters. The maximum atomic E-state index is 6.57. The van der Waals surface area contributed by atoms with Gasteiger partial charge < -0.3 is 4.42 Å². The molecular formula is C50H29NO. The van der Waals surface area contributed by atoms with E-state index in [0.717, 1.165) is 32.8 Å². The van der Waals surface area contributed by atoms with Crippen molar-refractivity contribution < 1.29 is 4.42 Å². The third-order valence-electron chi connectivity index (χ3n) is 11.7. The van der Waals surface area contributed by atoms with Crippen LogP contribution in [0.2, 0.25) is 0 Å². The lowest BCUT2D eigenvalue weighted by Gasteiger charge is -2.31. The second kappa shape index (κ2) is 10.2. The molecule has 1 aromatic heterocycles. The molecule has 52 heavy (non-hydrogen) atoms. The summed E-state index contributed by atoms with van der Waals surface area (Å²) < 4.78 is 6.57. The molecule has 9 aromatic carbocycles. The van der Waals surface area contributed by atoms with Crippen molar-refractivity contribution in [3.8, 4) is 44.8 Å². The van der Waals surface area contributed by atoms with Crippen LogP contribution in [0.3, 0.4) is 0 Å². The highest BCUT2D eigenvalue weighted by Gasteiger charge is 2.51. The standard InChI is InChI=1S/C50H29NO/c1-2-10-32(11-3-1)49-51-46-25-23-31-20-18-30-19-21-35(26-40(30)47(31)48(46)52-49)36-22-24-39-41-27-33-12-4-5-13-34(33)28-45(41)50(44(39)29-36)42-16-8-6-14-37(42)38-15-7-9-17-43(38)50/h1-29H. The van der Waals surface area contributed by atoms with Crippen LogP contribution in [0, 0.1) is 0 Å². The van der Waals surface area contributed by atoms with Crippen LogP contribution in [0.5, 0.6) is 0 Å². The van der Waals surface area contributed by atoms with E-state index in [-0.39, 0.29) is 0 Å². The van der Waals surface area contributed by atoms with Gasteiger partial charge in [0.15, 0.2) is 5.58 Å². The molecule has 0 N–H and O–H groups in total. The monoisotopic (exact) mass is 659 g/mol. The zero-order valence-electron chi connectivity index (χ0n) is 28.1. The van der Waals surface area contributed by atoms with Crippen LogP contribution >= 0.6 is 0 Å². The van der Waals surface area contributed by atoms with E-state index in [0.29, 0.717) is 5.89 Å². The van der Waals surface area contributed by atoms with Crippen molar-refractivity contribution in [2.24, 2.45) is 0 Å². The van der Waals surface area contributed by atoms with E-state index >= 15 is 0 Å². The Morgan fingerprint density at radius 3 is 1.79 bits per heavy atom. The molecule has 0 aliphatic heterocycles. The molecule has 0 saturated heterocycles. The highest BCUT2D eigenvalue weighted by atomic mass is 16.3. The van der Waals surface area contributed by atoms with Crippen molar-refractivity contribution in [1.82, 2.24) is 4.98 Å². The number of fused-ring (bicyclic) bond motifs is 16. The Balaban J connectivity index is 1.12. The Morgan fingerprint density at radius 2 is 0.981 bits per heavy atom. The molecule has 12 rings (SSSR count). The molecular weight excluding hydrogens is 631 g/mol. The maximum Gasteiger partial charge on any atom is 0.227 e. The van der Waals surface area contributed by atoms with Gasteiger partial charge in [-0.3, -0.25) is 0 Å². The number of benzene rings is 9. The molecule has 240 valence electrons. The minimum atomic E-state index is -0.415.